The van der Waals surface area contributed by atoms with E-state index in [9.17, 15) is 0 Å². The summed E-state index contributed by atoms with van der Waals surface area (Å²) in [5.41, 5.74) is 8.75. The van der Waals surface area contributed by atoms with Crippen LogP contribution < -0.4 is 11.1 Å². The zero-order valence-corrected chi connectivity index (χ0v) is 15.0. The summed E-state index contributed by atoms with van der Waals surface area (Å²) < 4.78 is 0. The monoisotopic (exact) mass is 357 g/mol. The van der Waals surface area contributed by atoms with Gasteiger partial charge < -0.3 is 11.1 Å². The molecule has 0 unspecified atom stereocenters. The van der Waals surface area contributed by atoms with Crippen LogP contribution in [0.1, 0.15) is 16.7 Å². The van der Waals surface area contributed by atoms with Gasteiger partial charge in [0.1, 0.15) is 11.4 Å². The molecule has 4 heteroatoms. The maximum Gasteiger partial charge on any atom is 0.185 e. The summed E-state index contributed by atoms with van der Waals surface area (Å²) in [6.07, 6.45) is 0. The van der Waals surface area contributed by atoms with Crippen molar-refractivity contribution >= 4 is 22.3 Å². The standard InChI is InChI=1S/C22H19N3S/c23-20-16-26-21(24-20)25-22(17-10-4-1-5-11-17,18-12-6-2-7-13-18)19-14-8-3-9-15-19/h1-16H,23H2,(H,24,25). The lowest BCUT2D eigenvalue weighted by Gasteiger charge is -2.36. The summed E-state index contributed by atoms with van der Waals surface area (Å²) >= 11 is 1.51. The predicted octanol–water partition coefficient (Wildman–Crippen LogP) is 5.13. The molecular formula is C22H19N3S. The molecule has 0 radical (unpaired) electrons. The van der Waals surface area contributed by atoms with Crippen LogP contribution in [-0.2, 0) is 5.54 Å². The molecule has 0 saturated carbocycles. The predicted molar refractivity (Wildman–Crippen MR) is 109 cm³/mol. The van der Waals surface area contributed by atoms with Crippen LogP contribution in [0.2, 0.25) is 0 Å². The first-order chi connectivity index (χ1) is 12.8. The molecule has 0 fully saturated rings. The van der Waals surface area contributed by atoms with E-state index in [1.807, 2.05) is 23.6 Å². The Labute approximate surface area is 157 Å². The number of thiazole rings is 1. The van der Waals surface area contributed by atoms with Crippen molar-refractivity contribution in [2.75, 3.05) is 11.1 Å². The van der Waals surface area contributed by atoms with Crippen molar-refractivity contribution in [3.8, 4) is 0 Å². The summed E-state index contributed by atoms with van der Waals surface area (Å²) in [4.78, 5) is 4.46. The van der Waals surface area contributed by atoms with Gasteiger partial charge in [0, 0.05) is 5.38 Å². The largest absolute Gasteiger partial charge is 0.383 e. The lowest BCUT2D eigenvalue weighted by atomic mass is 9.77. The number of nitrogen functional groups attached to an aromatic ring is 1. The van der Waals surface area contributed by atoms with E-state index in [0.717, 1.165) is 21.8 Å². The molecule has 0 atom stereocenters. The van der Waals surface area contributed by atoms with E-state index < -0.39 is 5.54 Å². The molecular weight excluding hydrogens is 338 g/mol. The SMILES string of the molecule is Nc1csc(NC(c2ccccc2)(c2ccccc2)c2ccccc2)n1. The molecule has 128 valence electrons. The number of aromatic nitrogens is 1. The minimum atomic E-state index is -0.561. The summed E-state index contributed by atoms with van der Waals surface area (Å²) in [5.74, 6) is 0.528. The lowest BCUT2D eigenvalue weighted by molar-refractivity contribution is 0.710. The molecule has 0 bridgehead atoms. The molecule has 1 aromatic heterocycles. The van der Waals surface area contributed by atoms with Gasteiger partial charge in [-0.05, 0) is 16.7 Å². The van der Waals surface area contributed by atoms with E-state index in [-0.39, 0.29) is 0 Å². The molecule has 3 nitrogen and oxygen atoms in total. The fraction of sp³-hybridized carbons (Fsp3) is 0.0455. The van der Waals surface area contributed by atoms with Crippen LogP contribution in [-0.4, -0.2) is 4.98 Å². The quantitative estimate of drug-likeness (QED) is 0.487. The summed E-state index contributed by atoms with van der Waals surface area (Å²) in [7, 11) is 0. The highest BCUT2D eigenvalue weighted by molar-refractivity contribution is 7.14. The van der Waals surface area contributed by atoms with Gasteiger partial charge in [-0.15, -0.1) is 11.3 Å². The molecule has 4 rings (SSSR count). The molecule has 4 aromatic rings. The Bertz CT molecular complexity index is 869. The van der Waals surface area contributed by atoms with E-state index in [1.165, 1.54) is 11.3 Å². The zero-order valence-electron chi connectivity index (χ0n) is 14.2. The average molecular weight is 357 g/mol. The number of nitrogens with two attached hydrogens (primary N) is 1. The van der Waals surface area contributed by atoms with Gasteiger partial charge >= 0.3 is 0 Å². The van der Waals surface area contributed by atoms with E-state index in [1.54, 1.807) is 0 Å². The second-order valence-corrected chi connectivity index (χ2v) is 6.91. The van der Waals surface area contributed by atoms with Crippen LogP contribution in [0.4, 0.5) is 10.9 Å². The minimum Gasteiger partial charge on any atom is -0.383 e. The smallest absolute Gasteiger partial charge is 0.185 e. The normalized spacial score (nSPS) is 11.2. The van der Waals surface area contributed by atoms with Crippen LogP contribution in [0.25, 0.3) is 0 Å². The van der Waals surface area contributed by atoms with Crippen molar-refractivity contribution in [3.63, 3.8) is 0 Å². The number of hydrogen-bond acceptors (Lipinski definition) is 4. The van der Waals surface area contributed by atoms with Gasteiger partial charge in [-0.3, -0.25) is 0 Å². The van der Waals surface area contributed by atoms with Crippen LogP contribution in [0, 0.1) is 0 Å². The van der Waals surface area contributed by atoms with Crippen molar-refractivity contribution in [1.29, 1.82) is 0 Å². The van der Waals surface area contributed by atoms with Gasteiger partial charge in [0.2, 0.25) is 0 Å². The topological polar surface area (TPSA) is 50.9 Å². The average Bonchev–Trinajstić information content (AvgIpc) is 3.13. The highest BCUT2D eigenvalue weighted by Gasteiger charge is 2.36. The van der Waals surface area contributed by atoms with Gasteiger partial charge in [0.25, 0.3) is 0 Å². The van der Waals surface area contributed by atoms with E-state index in [0.29, 0.717) is 5.82 Å². The Hall–Kier alpha value is -3.11. The van der Waals surface area contributed by atoms with Crippen molar-refractivity contribution in [2.24, 2.45) is 0 Å². The van der Waals surface area contributed by atoms with Crippen molar-refractivity contribution in [2.45, 2.75) is 5.54 Å². The molecule has 0 aliphatic carbocycles. The summed E-state index contributed by atoms with van der Waals surface area (Å²) in [5, 5.41) is 6.34. The van der Waals surface area contributed by atoms with Crippen molar-refractivity contribution in [3.05, 3.63) is 113 Å². The Kier molecular flexibility index (Phi) is 4.42. The maximum atomic E-state index is 5.87. The highest BCUT2D eigenvalue weighted by Crippen LogP contribution is 2.40. The third-order valence-electron chi connectivity index (χ3n) is 4.44. The number of rotatable bonds is 5. The van der Waals surface area contributed by atoms with E-state index in [2.05, 4.69) is 83.1 Å². The molecule has 3 N–H and O–H groups in total. The minimum absolute atomic E-state index is 0.528. The van der Waals surface area contributed by atoms with Gasteiger partial charge in [0.05, 0.1) is 0 Å². The van der Waals surface area contributed by atoms with Gasteiger partial charge in [-0.2, -0.15) is 0 Å². The molecule has 26 heavy (non-hydrogen) atoms. The van der Waals surface area contributed by atoms with Crippen molar-refractivity contribution < 1.29 is 0 Å². The zero-order chi connectivity index (χ0) is 17.8. The number of nitrogens with one attached hydrogen (secondary N) is 1. The second-order valence-electron chi connectivity index (χ2n) is 6.05. The number of anilines is 2. The first-order valence-electron chi connectivity index (χ1n) is 8.45. The number of nitrogens with zero attached hydrogens (tertiary/aromatic N) is 1. The third-order valence-corrected chi connectivity index (χ3v) is 5.21. The fourth-order valence-electron chi connectivity index (χ4n) is 3.28. The Morgan fingerprint density at radius 1 is 0.692 bits per heavy atom. The molecule has 0 aliphatic rings. The lowest BCUT2D eigenvalue weighted by Crippen LogP contribution is -2.38. The Balaban J connectivity index is 2.00. The maximum absolute atomic E-state index is 5.87. The first-order valence-corrected chi connectivity index (χ1v) is 9.33. The molecule has 0 spiro atoms. The number of hydrogen-bond donors (Lipinski definition) is 2. The summed E-state index contributed by atoms with van der Waals surface area (Å²) in [6.45, 7) is 0. The van der Waals surface area contributed by atoms with Crippen LogP contribution in [0.5, 0.6) is 0 Å². The first kappa shape index (κ1) is 16.4. The van der Waals surface area contributed by atoms with E-state index >= 15 is 0 Å². The van der Waals surface area contributed by atoms with Gasteiger partial charge in [0.15, 0.2) is 5.13 Å². The van der Waals surface area contributed by atoms with Gasteiger partial charge in [-0.25, -0.2) is 4.98 Å². The molecule has 1 heterocycles. The van der Waals surface area contributed by atoms with Crippen LogP contribution in [0.15, 0.2) is 96.4 Å². The molecule has 0 amide bonds. The summed E-state index contributed by atoms with van der Waals surface area (Å²) in [6, 6.07) is 31.3. The fourth-order valence-corrected chi connectivity index (χ4v) is 3.94. The van der Waals surface area contributed by atoms with Crippen LogP contribution >= 0.6 is 11.3 Å². The number of benzene rings is 3. The van der Waals surface area contributed by atoms with Crippen LogP contribution in [0.3, 0.4) is 0 Å². The van der Waals surface area contributed by atoms with Gasteiger partial charge in [-0.1, -0.05) is 91.0 Å². The second kappa shape index (κ2) is 7.02. The third kappa shape index (κ3) is 2.95. The highest BCUT2D eigenvalue weighted by atomic mass is 32.1. The van der Waals surface area contributed by atoms with Crippen molar-refractivity contribution in [1.82, 2.24) is 4.98 Å². The Morgan fingerprint density at radius 3 is 1.46 bits per heavy atom. The molecule has 0 aliphatic heterocycles. The molecule has 3 aromatic carbocycles. The van der Waals surface area contributed by atoms with E-state index in [4.69, 9.17) is 5.73 Å². The Morgan fingerprint density at radius 2 is 1.12 bits per heavy atom. The molecule has 0 saturated heterocycles.